The average Bonchev–Trinajstić information content (AvgIpc) is 3.07. The van der Waals surface area contributed by atoms with Crippen LogP contribution in [0.4, 0.5) is 5.69 Å². The van der Waals surface area contributed by atoms with E-state index >= 15 is 0 Å². The van der Waals surface area contributed by atoms with Crippen LogP contribution in [0.1, 0.15) is 33.5 Å². The molecule has 1 aliphatic carbocycles. The predicted molar refractivity (Wildman–Crippen MR) is 93.5 cm³/mol. The number of carbonyl (C=O) groups excluding carboxylic acids is 2. The zero-order valence-electron chi connectivity index (χ0n) is 13.3. The lowest BCUT2D eigenvalue weighted by Crippen LogP contribution is -2.21. The second-order valence-corrected chi connectivity index (χ2v) is 6.20. The molecule has 25 heavy (non-hydrogen) atoms. The zero-order chi connectivity index (χ0) is 17.8. The molecule has 0 atom stereocenters. The highest BCUT2D eigenvalue weighted by atomic mass is 35.5. The van der Waals surface area contributed by atoms with Crippen LogP contribution in [-0.2, 0) is 22.4 Å². The second kappa shape index (κ2) is 7.37. The van der Waals surface area contributed by atoms with E-state index in [1.165, 1.54) is 17.7 Å². The Bertz CT molecular complexity index is 887. The Morgan fingerprint density at radius 2 is 1.96 bits per heavy atom. The number of halogens is 1. The molecular weight excluding hydrogens is 340 g/mol. The molecule has 126 valence electrons. The van der Waals surface area contributed by atoms with Crippen molar-refractivity contribution in [2.24, 2.45) is 0 Å². The van der Waals surface area contributed by atoms with Crippen molar-refractivity contribution in [2.45, 2.75) is 19.3 Å². The van der Waals surface area contributed by atoms with Crippen LogP contribution in [0.2, 0.25) is 5.02 Å². The Morgan fingerprint density at radius 3 is 2.76 bits per heavy atom. The molecule has 1 amide bonds. The number of carbonyl (C=O) groups is 2. The molecule has 6 heteroatoms. The van der Waals surface area contributed by atoms with E-state index in [0.29, 0.717) is 10.6 Å². The summed E-state index contributed by atoms with van der Waals surface area (Å²) in [5.74, 6) is -1.08. The number of fused-ring (bicyclic) bond motifs is 1. The van der Waals surface area contributed by atoms with Gasteiger partial charge in [-0.15, -0.1) is 0 Å². The number of hydrogen-bond donors (Lipinski definition) is 1. The first-order valence-corrected chi connectivity index (χ1v) is 8.23. The molecule has 2 aromatic rings. The number of rotatable bonds is 4. The molecule has 0 radical (unpaired) electrons. The van der Waals surface area contributed by atoms with Gasteiger partial charge in [-0.05, 0) is 60.7 Å². The van der Waals surface area contributed by atoms with Crippen LogP contribution in [0.25, 0.3) is 0 Å². The normalized spacial score (nSPS) is 12.2. The highest BCUT2D eigenvalue weighted by molar-refractivity contribution is 6.31. The predicted octanol–water partition coefficient (Wildman–Crippen LogP) is 3.50. The van der Waals surface area contributed by atoms with Gasteiger partial charge in [0.05, 0.1) is 16.8 Å². The SMILES string of the molecule is N#Cc1ccc(Cl)cc1NC(=O)COC(=O)c1ccc2c(c1)CCC2. The summed E-state index contributed by atoms with van der Waals surface area (Å²) in [6.07, 6.45) is 3.09. The van der Waals surface area contributed by atoms with Gasteiger partial charge < -0.3 is 10.1 Å². The Balaban J connectivity index is 1.60. The molecule has 1 aliphatic rings. The van der Waals surface area contributed by atoms with Gasteiger partial charge in [-0.25, -0.2) is 4.79 Å². The summed E-state index contributed by atoms with van der Waals surface area (Å²) < 4.78 is 5.06. The summed E-state index contributed by atoms with van der Waals surface area (Å²) >= 11 is 5.87. The molecule has 3 rings (SSSR count). The van der Waals surface area contributed by atoms with E-state index in [4.69, 9.17) is 21.6 Å². The Labute approximate surface area is 150 Å². The molecule has 0 saturated heterocycles. The molecule has 2 aromatic carbocycles. The molecule has 0 aromatic heterocycles. The number of nitrogens with zero attached hydrogens (tertiary/aromatic N) is 1. The van der Waals surface area contributed by atoms with Crippen molar-refractivity contribution >= 4 is 29.2 Å². The second-order valence-electron chi connectivity index (χ2n) is 5.76. The molecular formula is C19H15ClN2O3. The van der Waals surface area contributed by atoms with Crippen molar-refractivity contribution in [3.05, 3.63) is 63.7 Å². The van der Waals surface area contributed by atoms with Crippen molar-refractivity contribution in [3.63, 3.8) is 0 Å². The third-order valence-corrected chi connectivity index (χ3v) is 4.28. The summed E-state index contributed by atoms with van der Waals surface area (Å²) in [7, 11) is 0. The first-order chi connectivity index (χ1) is 12.1. The van der Waals surface area contributed by atoms with Gasteiger partial charge in [0.1, 0.15) is 6.07 Å². The van der Waals surface area contributed by atoms with E-state index in [9.17, 15) is 9.59 Å². The van der Waals surface area contributed by atoms with E-state index in [1.54, 1.807) is 12.1 Å². The van der Waals surface area contributed by atoms with Crippen LogP contribution in [-0.4, -0.2) is 18.5 Å². The van der Waals surface area contributed by atoms with E-state index in [0.717, 1.165) is 24.8 Å². The van der Waals surface area contributed by atoms with Gasteiger partial charge in [0.15, 0.2) is 6.61 Å². The smallest absolute Gasteiger partial charge is 0.338 e. The summed E-state index contributed by atoms with van der Waals surface area (Å²) in [5, 5.41) is 12.0. The van der Waals surface area contributed by atoms with E-state index in [-0.39, 0.29) is 11.3 Å². The molecule has 0 heterocycles. The number of anilines is 1. The van der Waals surface area contributed by atoms with E-state index < -0.39 is 18.5 Å². The Kier molecular flexibility index (Phi) is 5.01. The standard InChI is InChI=1S/C19H15ClN2O3/c20-16-7-6-15(10-21)17(9-16)22-18(23)11-25-19(24)14-5-4-12-2-1-3-13(12)8-14/h4-9H,1-3,11H2,(H,22,23). The first kappa shape index (κ1) is 17.0. The highest BCUT2D eigenvalue weighted by Gasteiger charge is 2.16. The summed E-state index contributed by atoms with van der Waals surface area (Å²) in [5.41, 5.74) is 3.43. The average molecular weight is 355 g/mol. The quantitative estimate of drug-likeness (QED) is 0.852. The number of nitrogens with one attached hydrogen (secondary N) is 1. The minimum absolute atomic E-state index is 0.280. The number of nitriles is 1. The fourth-order valence-corrected chi connectivity index (χ4v) is 2.99. The van der Waals surface area contributed by atoms with Gasteiger partial charge in [-0.1, -0.05) is 17.7 Å². The highest BCUT2D eigenvalue weighted by Crippen LogP contribution is 2.23. The summed E-state index contributed by atoms with van der Waals surface area (Å²) in [6, 6.07) is 12.0. The van der Waals surface area contributed by atoms with Crippen molar-refractivity contribution in [1.29, 1.82) is 5.26 Å². The maximum Gasteiger partial charge on any atom is 0.338 e. The lowest BCUT2D eigenvalue weighted by Gasteiger charge is -2.09. The lowest BCUT2D eigenvalue weighted by molar-refractivity contribution is -0.119. The number of esters is 1. The Morgan fingerprint density at radius 1 is 1.16 bits per heavy atom. The number of ether oxygens (including phenoxy) is 1. The number of aryl methyl sites for hydroxylation is 2. The molecule has 1 N–H and O–H groups in total. The molecule has 0 bridgehead atoms. The van der Waals surface area contributed by atoms with E-state index in [2.05, 4.69) is 5.32 Å². The van der Waals surface area contributed by atoms with Gasteiger partial charge in [0.25, 0.3) is 5.91 Å². The van der Waals surface area contributed by atoms with Crippen LogP contribution in [0.3, 0.4) is 0 Å². The van der Waals surface area contributed by atoms with Gasteiger partial charge in [-0.2, -0.15) is 5.26 Å². The minimum Gasteiger partial charge on any atom is -0.452 e. The first-order valence-electron chi connectivity index (χ1n) is 7.85. The molecule has 0 fully saturated rings. The maximum atomic E-state index is 12.1. The maximum absolute atomic E-state index is 12.1. The fourth-order valence-electron chi connectivity index (χ4n) is 2.82. The zero-order valence-corrected chi connectivity index (χ0v) is 14.1. The van der Waals surface area contributed by atoms with Crippen LogP contribution in [0.5, 0.6) is 0 Å². The lowest BCUT2D eigenvalue weighted by atomic mass is 10.1. The van der Waals surface area contributed by atoms with Crippen molar-refractivity contribution in [2.75, 3.05) is 11.9 Å². The van der Waals surface area contributed by atoms with Gasteiger partial charge in [0, 0.05) is 5.02 Å². The molecule has 0 spiro atoms. The fraction of sp³-hybridized carbons (Fsp3) is 0.211. The topological polar surface area (TPSA) is 79.2 Å². The van der Waals surface area contributed by atoms with E-state index in [1.807, 2.05) is 18.2 Å². The number of benzene rings is 2. The minimum atomic E-state index is -0.545. The largest absolute Gasteiger partial charge is 0.452 e. The Hall–Kier alpha value is -2.84. The molecule has 5 nitrogen and oxygen atoms in total. The third-order valence-electron chi connectivity index (χ3n) is 4.04. The molecule has 0 aliphatic heterocycles. The van der Waals surface area contributed by atoms with Crippen LogP contribution in [0.15, 0.2) is 36.4 Å². The molecule has 0 saturated carbocycles. The van der Waals surface area contributed by atoms with Crippen LogP contribution >= 0.6 is 11.6 Å². The van der Waals surface area contributed by atoms with Gasteiger partial charge in [-0.3, -0.25) is 4.79 Å². The van der Waals surface area contributed by atoms with Crippen molar-refractivity contribution in [1.82, 2.24) is 0 Å². The summed E-state index contributed by atoms with van der Waals surface area (Å²) in [6.45, 7) is -0.437. The summed E-state index contributed by atoms with van der Waals surface area (Å²) in [4.78, 5) is 24.1. The molecule has 0 unspecified atom stereocenters. The van der Waals surface area contributed by atoms with Gasteiger partial charge >= 0.3 is 5.97 Å². The van der Waals surface area contributed by atoms with Crippen LogP contribution in [0, 0.1) is 11.3 Å². The third kappa shape index (κ3) is 3.98. The monoisotopic (exact) mass is 354 g/mol. The van der Waals surface area contributed by atoms with Crippen molar-refractivity contribution < 1.29 is 14.3 Å². The van der Waals surface area contributed by atoms with Gasteiger partial charge in [0.2, 0.25) is 0 Å². The van der Waals surface area contributed by atoms with Crippen molar-refractivity contribution in [3.8, 4) is 6.07 Å². The number of hydrogen-bond acceptors (Lipinski definition) is 4. The number of amides is 1. The van der Waals surface area contributed by atoms with Crippen LogP contribution < -0.4 is 5.32 Å².